The van der Waals surface area contributed by atoms with Gasteiger partial charge in [-0.15, -0.1) is 0 Å². The molecule has 6 heteroatoms. The van der Waals surface area contributed by atoms with Crippen molar-refractivity contribution in [1.82, 2.24) is 4.72 Å². The van der Waals surface area contributed by atoms with Gasteiger partial charge in [-0.25, -0.2) is 17.9 Å². The molecule has 2 rings (SSSR count). The van der Waals surface area contributed by atoms with Gasteiger partial charge in [-0.1, -0.05) is 23.8 Å². The minimum Gasteiger partial charge on any atom is -0.478 e. The second kappa shape index (κ2) is 6.41. The number of carboxylic acid groups (broad SMARTS) is 1. The summed E-state index contributed by atoms with van der Waals surface area (Å²) in [6.07, 6.45) is 4.92. The molecule has 2 atom stereocenters. The lowest BCUT2D eigenvalue weighted by Crippen LogP contribution is -2.32. The number of benzene rings is 1. The van der Waals surface area contributed by atoms with E-state index in [4.69, 9.17) is 5.11 Å². The standard InChI is InChI=1S/C15H19NO4S/c1-11-2-7-14(8-3-11)21(19,20)16-13-6-4-12(10-13)5-9-15(17)18/h2-3,5,7-9,12-13,16H,4,6,10H2,1H3,(H,17,18)/b9-5+. The molecule has 0 radical (unpaired) electrons. The second-order valence-electron chi connectivity index (χ2n) is 5.40. The molecule has 1 fully saturated rings. The zero-order valence-corrected chi connectivity index (χ0v) is 12.6. The van der Waals surface area contributed by atoms with Gasteiger partial charge in [0, 0.05) is 12.1 Å². The molecular weight excluding hydrogens is 290 g/mol. The van der Waals surface area contributed by atoms with Crippen molar-refractivity contribution in [3.05, 3.63) is 42.0 Å². The first-order valence-corrected chi connectivity index (χ1v) is 8.35. The maximum atomic E-state index is 12.2. The minimum atomic E-state index is -3.51. The lowest BCUT2D eigenvalue weighted by Gasteiger charge is -2.13. The Kier molecular flexibility index (Phi) is 4.80. The van der Waals surface area contributed by atoms with E-state index in [1.807, 2.05) is 6.92 Å². The van der Waals surface area contributed by atoms with Gasteiger partial charge in [0.05, 0.1) is 4.90 Å². The first-order chi connectivity index (χ1) is 9.87. The number of hydrogen-bond donors (Lipinski definition) is 2. The molecule has 21 heavy (non-hydrogen) atoms. The molecular formula is C15H19NO4S. The van der Waals surface area contributed by atoms with Crippen LogP contribution in [0.15, 0.2) is 41.3 Å². The number of carboxylic acids is 1. The number of hydrogen-bond acceptors (Lipinski definition) is 3. The summed E-state index contributed by atoms with van der Waals surface area (Å²) < 4.78 is 27.2. The van der Waals surface area contributed by atoms with Crippen molar-refractivity contribution < 1.29 is 18.3 Å². The predicted octanol–water partition coefficient (Wildman–Crippen LogP) is 2.08. The summed E-state index contributed by atoms with van der Waals surface area (Å²) in [5.74, 6) is -0.856. The van der Waals surface area contributed by atoms with Crippen LogP contribution >= 0.6 is 0 Å². The molecule has 0 aliphatic heterocycles. The number of aliphatic carboxylic acids is 1. The van der Waals surface area contributed by atoms with Crippen LogP contribution in [0.2, 0.25) is 0 Å². The molecule has 0 aromatic heterocycles. The first-order valence-electron chi connectivity index (χ1n) is 6.87. The average molecular weight is 309 g/mol. The molecule has 0 spiro atoms. The van der Waals surface area contributed by atoms with E-state index in [0.29, 0.717) is 6.42 Å². The van der Waals surface area contributed by atoms with Crippen LogP contribution in [0.25, 0.3) is 0 Å². The Morgan fingerprint density at radius 2 is 1.95 bits per heavy atom. The van der Waals surface area contributed by atoms with Crippen LogP contribution in [-0.4, -0.2) is 25.5 Å². The highest BCUT2D eigenvalue weighted by Crippen LogP contribution is 2.27. The van der Waals surface area contributed by atoms with Crippen LogP contribution in [0.4, 0.5) is 0 Å². The van der Waals surface area contributed by atoms with E-state index in [2.05, 4.69) is 4.72 Å². The second-order valence-corrected chi connectivity index (χ2v) is 7.12. The lowest BCUT2D eigenvalue weighted by molar-refractivity contribution is -0.131. The Labute approximate surface area is 124 Å². The van der Waals surface area contributed by atoms with Crippen molar-refractivity contribution in [2.24, 2.45) is 5.92 Å². The van der Waals surface area contributed by atoms with Crippen molar-refractivity contribution in [1.29, 1.82) is 0 Å². The third kappa shape index (κ3) is 4.41. The molecule has 0 bridgehead atoms. The summed E-state index contributed by atoms with van der Waals surface area (Å²) in [4.78, 5) is 10.7. The molecule has 2 unspecified atom stereocenters. The summed E-state index contributed by atoms with van der Waals surface area (Å²) in [7, 11) is -3.51. The highest BCUT2D eigenvalue weighted by atomic mass is 32.2. The molecule has 1 aliphatic carbocycles. The maximum Gasteiger partial charge on any atom is 0.327 e. The normalized spacial score (nSPS) is 22.7. The molecule has 1 aliphatic rings. The van der Waals surface area contributed by atoms with E-state index in [9.17, 15) is 13.2 Å². The van der Waals surface area contributed by atoms with Crippen LogP contribution in [0.1, 0.15) is 24.8 Å². The predicted molar refractivity (Wildman–Crippen MR) is 79.4 cm³/mol. The van der Waals surface area contributed by atoms with E-state index in [-0.39, 0.29) is 16.9 Å². The highest BCUT2D eigenvalue weighted by Gasteiger charge is 2.27. The number of sulfonamides is 1. The first kappa shape index (κ1) is 15.7. The van der Waals surface area contributed by atoms with Crippen LogP contribution < -0.4 is 4.72 Å². The van der Waals surface area contributed by atoms with Gasteiger partial charge in [-0.3, -0.25) is 0 Å². The largest absolute Gasteiger partial charge is 0.478 e. The Morgan fingerprint density at radius 1 is 1.29 bits per heavy atom. The van der Waals surface area contributed by atoms with Crippen molar-refractivity contribution in [3.63, 3.8) is 0 Å². The minimum absolute atomic E-state index is 0.117. The molecule has 5 nitrogen and oxygen atoms in total. The summed E-state index contributed by atoms with van der Waals surface area (Å²) in [6.45, 7) is 1.90. The fraction of sp³-hybridized carbons (Fsp3) is 0.400. The highest BCUT2D eigenvalue weighted by molar-refractivity contribution is 7.89. The molecule has 1 saturated carbocycles. The van der Waals surface area contributed by atoms with Crippen LogP contribution in [-0.2, 0) is 14.8 Å². The molecule has 0 amide bonds. The summed E-state index contributed by atoms with van der Waals surface area (Å²) in [6, 6.07) is 6.58. The number of carbonyl (C=O) groups is 1. The van der Waals surface area contributed by atoms with Crippen LogP contribution in [0, 0.1) is 12.8 Å². The molecule has 1 aromatic carbocycles. The smallest absolute Gasteiger partial charge is 0.327 e. The molecule has 0 saturated heterocycles. The van der Waals surface area contributed by atoms with E-state index in [1.54, 1.807) is 30.3 Å². The van der Waals surface area contributed by atoms with E-state index in [0.717, 1.165) is 24.5 Å². The number of nitrogens with one attached hydrogen (secondary N) is 1. The van der Waals surface area contributed by atoms with Crippen molar-refractivity contribution in [2.75, 3.05) is 0 Å². The van der Waals surface area contributed by atoms with Gasteiger partial charge < -0.3 is 5.11 Å². The Bertz CT molecular complexity index is 634. The molecule has 2 N–H and O–H groups in total. The Hall–Kier alpha value is -1.66. The fourth-order valence-corrected chi connectivity index (χ4v) is 3.80. The van der Waals surface area contributed by atoms with Crippen LogP contribution in [0.3, 0.4) is 0 Å². The van der Waals surface area contributed by atoms with Gasteiger partial charge in [0.25, 0.3) is 0 Å². The number of allylic oxidation sites excluding steroid dienone is 1. The van der Waals surface area contributed by atoms with Crippen molar-refractivity contribution in [3.8, 4) is 0 Å². The van der Waals surface area contributed by atoms with E-state index < -0.39 is 16.0 Å². The Balaban J connectivity index is 1.99. The summed E-state index contributed by atoms with van der Waals surface area (Å²) in [5.41, 5.74) is 1.01. The lowest BCUT2D eigenvalue weighted by atomic mass is 10.1. The van der Waals surface area contributed by atoms with E-state index in [1.165, 1.54) is 0 Å². The van der Waals surface area contributed by atoms with Gasteiger partial charge in [-0.05, 0) is 44.2 Å². The third-order valence-corrected chi connectivity index (χ3v) is 5.17. The molecule has 1 aromatic rings. The molecule has 114 valence electrons. The van der Waals surface area contributed by atoms with E-state index >= 15 is 0 Å². The summed E-state index contributed by atoms with van der Waals surface area (Å²) in [5, 5.41) is 8.60. The molecule has 0 heterocycles. The van der Waals surface area contributed by atoms with Crippen LogP contribution in [0.5, 0.6) is 0 Å². The summed E-state index contributed by atoms with van der Waals surface area (Å²) >= 11 is 0. The van der Waals surface area contributed by atoms with Gasteiger partial charge in [0.2, 0.25) is 10.0 Å². The fourth-order valence-electron chi connectivity index (χ4n) is 2.52. The zero-order chi connectivity index (χ0) is 15.5. The number of rotatable bonds is 5. The van der Waals surface area contributed by atoms with Gasteiger partial charge in [0.15, 0.2) is 0 Å². The van der Waals surface area contributed by atoms with Gasteiger partial charge in [0.1, 0.15) is 0 Å². The average Bonchev–Trinajstić information content (AvgIpc) is 2.84. The van der Waals surface area contributed by atoms with Crippen molar-refractivity contribution >= 4 is 16.0 Å². The Morgan fingerprint density at radius 3 is 2.57 bits per heavy atom. The monoisotopic (exact) mass is 309 g/mol. The SMILES string of the molecule is Cc1ccc(S(=O)(=O)NC2CCC(/C=C/C(=O)O)C2)cc1. The number of aryl methyl sites for hydroxylation is 1. The zero-order valence-electron chi connectivity index (χ0n) is 11.8. The quantitative estimate of drug-likeness (QED) is 0.816. The van der Waals surface area contributed by atoms with Gasteiger partial charge in [-0.2, -0.15) is 0 Å². The van der Waals surface area contributed by atoms with Crippen molar-refractivity contribution in [2.45, 2.75) is 37.1 Å². The third-order valence-electron chi connectivity index (χ3n) is 3.64. The maximum absolute atomic E-state index is 12.2. The topological polar surface area (TPSA) is 83.5 Å². The van der Waals surface area contributed by atoms with Gasteiger partial charge >= 0.3 is 5.97 Å².